The van der Waals surface area contributed by atoms with Gasteiger partial charge in [0.05, 0.1) is 0 Å². The Bertz CT molecular complexity index is 788. The van der Waals surface area contributed by atoms with Crippen molar-refractivity contribution in [2.45, 2.75) is 32.5 Å². The van der Waals surface area contributed by atoms with Crippen LogP contribution in [-0.4, -0.2) is 24.6 Å². The van der Waals surface area contributed by atoms with Gasteiger partial charge in [-0.05, 0) is 41.8 Å². The van der Waals surface area contributed by atoms with E-state index in [9.17, 15) is 22.8 Å². The van der Waals surface area contributed by atoms with Gasteiger partial charge in [0.1, 0.15) is 5.75 Å². The molecule has 2 aromatic rings. The second-order valence-electron chi connectivity index (χ2n) is 6.11. The Kier molecular flexibility index (Phi) is 7.43. The van der Waals surface area contributed by atoms with Crippen molar-refractivity contribution in [3.05, 3.63) is 59.7 Å². The second-order valence-corrected chi connectivity index (χ2v) is 6.11. The van der Waals surface area contributed by atoms with E-state index in [4.69, 9.17) is 4.74 Å². The van der Waals surface area contributed by atoms with E-state index < -0.39 is 12.1 Å². The van der Waals surface area contributed by atoms with Crippen LogP contribution in [0.5, 0.6) is 5.75 Å². The lowest BCUT2D eigenvalue weighted by Gasteiger charge is -2.10. The zero-order chi connectivity index (χ0) is 20.6. The van der Waals surface area contributed by atoms with Gasteiger partial charge >= 0.3 is 12.1 Å². The molecule has 5 nitrogen and oxygen atoms in total. The Morgan fingerprint density at radius 1 is 0.964 bits per heavy atom. The molecule has 2 rings (SSSR count). The Labute approximate surface area is 160 Å². The number of alkyl halides is 3. The number of benzene rings is 2. The van der Waals surface area contributed by atoms with Crippen LogP contribution >= 0.6 is 0 Å². The molecule has 2 amide bonds. The van der Waals surface area contributed by atoms with Crippen molar-refractivity contribution in [2.24, 2.45) is 0 Å². The predicted octanol–water partition coefficient (Wildman–Crippen LogP) is 3.84. The van der Waals surface area contributed by atoms with Gasteiger partial charge < -0.3 is 15.4 Å². The molecule has 0 unspecified atom stereocenters. The fourth-order valence-corrected chi connectivity index (χ4v) is 2.38. The molecule has 8 heteroatoms. The number of aryl methyl sites for hydroxylation is 1. The lowest BCUT2D eigenvalue weighted by atomic mass is 10.1. The highest BCUT2D eigenvalue weighted by atomic mass is 19.4. The van der Waals surface area contributed by atoms with E-state index >= 15 is 0 Å². The number of rotatable bonds is 8. The molecular formula is C20H21F3N2O3. The van der Waals surface area contributed by atoms with Crippen LogP contribution in [0, 0.1) is 0 Å². The van der Waals surface area contributed by atoms with Gasteiger partial charge in [0.15, 0.2) is 6.61 Å². The van der Waals surface area contributed by atoms with E-state index in [0.717, 1.165) is 12.8 Å². The minimum absolute atomic E-state index is 0.170. The van der Waals surface area contributed by atoms with E-state index in [-0.39, 0.29) is 19.1 Å². The summed E-state index contributed by atoms with van der Waals surface area (Å²) in [5, 5.41) is 4.41. The summed E-state index contributed by atoms with van der Waals surface area (Å²) in [6, 6.07) is 13.6. The molecule has 28 heavy (non-hydrogen) atoms. The largest absolute Gasteiger partial charge is 0.484 e. The standard InChI is InChI=1S/C20H21F3N2O3/c1-2-3-14-6-10-17(11-7-14)28-13-18(26)25-16-8-4-15(5-9-16)12-24-19(27)20(21,22)23/h4-11H,2-3,12-13H2,1H3,(H,24,27)(H,25,26). The van der Waals surface area contributed by atoms with Crippen LogP contribution in [0.2, 0.25) is 0 Å². The summed E-state index contributed by atoms with van der Waals surface area (Å²) >= 11 is 0. The van der Waals surface area contributed by atoms with Crippen LogP contribution in [-0.2, 0) is 22.6 Å². The minimum Gasteiger partial charge on any atom is -0.484 e. The molecule has 0 spiro atoms. The second kappa shape index (κ2) is 9.77. The fourth-order valence-electron chi connectivity index (χ4n) is 2.38. The van der Waals surface area contributed by atoms with Gasteiger partial charge in [-0.1, -0.05) is 37.6 Å². The van der Waals surface area contributed by atoms with E-state index in [1.54, 1.807) is 5.32 Å². The molecule has 0 aliphatic heterocycles. The Morgan fingerprint density at radius 2 is 1.57 bits per heavy atom. The quantitative estimate of drug-likeness (QED) is 0.715. The summed E-state index contributed by atoms with van der Waals surface area (Å²) < 4.78 is 41.8. The summed E-state index contributed by atoms with van der Waals surface area (Å²) in [6.07, 6.45) is -2.88. The highest BCUT2D eigenvalue weighted by molar-refractivity contribution is 5.91. The molecule has 2 aromatic carbocycles. The maximum absolute atomic E-state index is 12.1. The van der Waals surface area contributed by atoms with Crippen LogP contribution < -0.4 is 15.4 Å². The van der Waals surface area contributed by atoms with E-state index in [1.165, 1.54) is 29.8 Å². The highest BCUT2D eigenvalue weighted by Gasteiger charge is 2.38. The number of halogens is 3. The van der Waals surface area contributed by atoms with Crippen LogP contribution in [0.25, 0.3) is 0 Å². The first-order valence-corrected chi connectivity index (χ1v) is 8.73. The molecule has 0 fully saturated rings. The third-order valence-corrected chi connectivity index (χ3v) is 3.78. The average molecular weight is 394 g/mol. The summed E-state index contributed by atoms with van der Waals surface area (Å²) in [5.41, 5.74) is 2.14. The highest BCUT2D eigenvalue weighted by Crippen LogP contribution is 2.16. The van der Waals surface area contributed by atoms with Gasteiger partial charge in [-0.2, -0.15) is 13.2 Å². The normalized spacial score (nSPS) is 11.0. The number of carbonyl (C=O) groups is 2. The smallest absolute Gasteiger partial charge is 0.471 e. The molecule has 0 heterocycles. The van der Waals surface area contributed by atoms with Gasteiger partial charge in [0, 0.05) is 12.2 Å². The number of nitrogens with one attached hydrogen (secondary N) is 2. The van der Waals surface area contributed by atoms with Crippen LogP contribution in [0.3, 0.4) is 0 Å². The third-order valence-electron chi connectivity index (χ3n) is 3.78. The monoisotopic (exact) mass is 394 g/mol. The van der Waals surface area contributed by atoms with E-state index in [2.05, 4.69) is 12.2 Å². The maximum atomic E-state index is 12.1. The van der Waals surface area contributed by atoms with Crippen molar-refractivity contribution in [1.82, 2.24) is 5.32 Å². The Hall–Kier alpha value is -3.03. The summed E-state index contributed by atoms with van der Waals surface area (Å²) in [5.74, 6) is -1.77. The lowest BCUT2D eigenvalue weighted by molar-refractivity contribution is -0.173. The molecule has 0 bridgehead atoms. The van der Waals surface area contributed by atoms with E-state index in [0.29, 0.717) is 17.0 Å². The van der Waals surface area contributed by atoms with Crippen molar-refractivity contribution in [3.63, 3.8) is 0 Å². The average Bonchev–Trinajstić information content (AvgIpc) is 2.66. The molecule has 0 radical (unpaired) electrons. The Balaban J connectivity index is 1.78. The topological polar surface area (TPSA) is 67.4 Å². The Morgan fingerprint density at radius 3 is 2.14 bits per heavy atom. The lowest BCUT2D eigenvalue weighted by Crippen LogP contribution is -2.36. The van der Waals surface area contributed by atoms with Crippen molar-refractivity contribution in [2.75, 3.05) is 11.9 Å². The van der Waals surface area contributed by atoms with Crippen molar-refractivity contribution in [3.8, 4) is 5.75 Å². The number of ether oxygens (including phenoxy) is 1. The first kappa shape index (κ1) is 21.3. The number of hydrogen-bond donors (Lipinski definition) is 2. The van der Waals surface area contributed by atoms with Crippen molar-refractivity contribution >= 4 is 17.5 Å². The maximum Gasteiger partial charge on any atom is 0.471 e. The molecule has 0 saturated heterocycles. The van der Waals surface area contributed by atoms with Gasteiger partial charge in [0.2, 0.25) is 0 Å². The molecule has 150 valence electrons. The molecule has 0 aliphatic carbocycles. The van der Waals surface area contributed by atoms with Gasteiger partial charge in [-0.3, -0.25) is 9.59 Å². The molecule has 0 aliphatic rings. The van der Waals surface area contributed by atoms with Crippen LogP contribution in [0.4, 0.5) is 18.9 Å². The SMILES string of the molecule is CCCc1ccc(OCC(=O)Nc2ccc(CNC(=O)C(F)(F)F)cc2)cc1. The van der Waals surface area contributed by atoms with Crippen LogP contribution in [0.15, 0.2) is 48.5 Å². The summed E-state index contributed by atoms with van der Waals surface area (Å²) in [7, 11) is 0. The van der Waals surface area contributed by atoms with Gasteiger partial charge in [0.25, 0.3) is 5.91 Å². The number of hydrogen-bond acceptors (Lipinski definition) is 3. The van der Waals surface area contributed by atoms with Gasteiger partial charge in [-0.15, -0.1) is 0 Å². The molecule has 2 N–H and O–H groups in total. The van der Waals surface area contributed by atoms with Crippen molar-refractivity contribution in [1.29, 1.82) is 0 Å². The zero-order valence-corrected chi connectivity index (χ0v) is 15.3. The van der Waals surface area contributed by atoms with Gasteiger partial charge in [-0.25, -0.2) is 0 Å². The van der Waals surface area contributed by atoms with E-state index in [1.807, 2.05) is 24.3 Å². The first-order chi connectivity index (χ1) is 13.3. The van der Waals surface area contributed by atoms with Crippen LogP contribution in [0.1, 0.15) is 24.5 Å². The minimum atomic E-state index is -4.91. The number of amides is 2. The fraction of sp³-hybridized carbons (Fsp3) is 0.300. The predicted molar refractivity (Wildman–Crippen MR) is 98.9 cm³/mol. The van der Waals surface area contributed by atoms with Crippen molar-refractivity contribution < 1.29 is 27.5 Å². The first-order valence-electron chi connectivity index (χ1n) is 8.73. The molecular weight excluding hydrogens is 373 g/mol. The molecule has 0 atom stereocenters. The zero-order valence-electron chi connectivity index (χ0n) is 15.3. The molecule has 0 saturated carbocycles. The number of anilines is 1. The summed E-state index contributed by atoms with van der Waals surface area (Å²) in [4.78, 5) is 22.7. The molecule has 0 aromatic heterocycles. The summed E-state index contributed by atoms with van der Waals surface area (Å²) in [6.45, 7) is 1.67. The number of carbonyl (C=O) groups excluding carboxylic acids is 2. The third kappa shape index (κ3) is 6.94.